The van der Waals surface area contributed by atoms with E-state index in [1.165, 1.54) is 0 Å². The summed E-state index contributed by atoms with van der Waals surface area (Å²) in [5, 5.41) is 2.89. The van der Waals surface area contributed by atoms with E-state index in [0.29, 0.717) is 13.1 Å². The van der Waals surface area contributed by atoms with E-state index in [1.54, 1.807) is 11.1 Å². The van der Waals surface area contributed by atoms with Crippen molar-refractivity contribution >= 4 is 11.7 Å². The summed E-state index contributed by atoms with van der Waals surface area (Å²) in [5.41, 5.74) is 2.89. The Hall–Kier alpha value is -2.36. The summed E-state index contributed by atoms with van der Waals surface area (Å²) in [7, 11) is 0. The van der Waals surface area contributed by atoms with Gasteiger partial charge in [0.2, 0.25) is 0 Å². The van der Waals surface area contributed by atoms with Gasteiger partial charge in [-0.05, 0) is 43.7 Å². The fraction of sp³-hybridized carbons (Fsp3) is 0.250. The molecule has 0 aliphatic carbocycles. The second-order valence-corrected chi connectivity index (χ2v) is 4.56. The van der Waals surface area contributed by atoms with Gasteiger partial charge in [0.1, 0.15) is 0 Å². The van der Waals surface area contributed by atoms with Crippen LogP contribution in [0.3, 0.4) is 0 Å². The lowest BCUT2D eigenvalue weighted by Crippen LogP contribution is -2.39. The van der Waals surface area contributed by atoms with Crippen molar-refractivity contribution < 1.29 is 4.79 Å². The predicted molar refractivity (Wildman–Crippen MR) is 80.7 cm³/mol. The largest absolute Gasteiger partial charge is 0.332 e. The minimum atomic E-state index is -0.108. The Kier molecular flexibility index (Phi) is 4.71. The molecule has 0 radical (unpaired) electrons. The zero-order valence-corrected chi connectivity index (χ0v) is 11.8. The maximum absolute atomic E-state index is 12.2. The van der Waals surface area contributed by atoms with Crippen LogP contribution < -0.4 is 10.2 Å². The Bertz CT molecular complexity index is 569. The van der Waals surface area contributed by atoms with Crippen LogP contribution in [0, 0.1) is 6.92 Å². The molecule has 1 aromatic heterocycles. The van der Waals surface area contributed by atoms with Crippen LogP contribution >= 0.6 is 0 Å². The van der Waals surface area contributed by atoms with Gasteiger partial charge in [0.25, 0.3) is 0 Å². The number of anilines is 1. The van der Waals surface area contributed by atoms with Crippen molar-refractivity contribution in [3.63, 3.8) is 0 Å². The number of aromatic nitrogens is 1. The first-order chi connectivity index (χ1) is 9.70. The molecule has 1 aromatic carbocycles. The van der Waals surface area contributed by atoms with Gasteiger partial charge in [0, 0.05) is 18.4 Å². The number of hydrogen-bond donors (Lipinski definition) is 1. The highest BCUT2D eigenvalue weighted by Gasteiger charge is 2.13. The predicted octanol–water partition coefficient (Wildman–Crippen LogP) is 3.13. The summed E-state index contributed by atoms with van der Waals surface area (Å²) in [6.07, 6.45) is 1.72. The molecule has 0 spiro atoms. The van der Waals surface area contributed by atoms with E-state index in [2.05, 4.69) is 10.3 Å². The number of urea groups is 1. The highest BCUT2D eigenvalue weighted by Crippen LogP contribution is 2.15. The molecule has 0 atom stereocenters. The van der Waals surface area contributed by atoms with Crippen molar-refractivity contribution in [1.82, 2.24) is 10.3 Å². The van der Waals surface area contributed by atoms with Crippen LogP contribution in [0.15, 0.2) is 48.7 Å². The Balaban J connectivity index is 2.02. The summed E-state index contributed by atoms with van der Waals surface area (Å²) in [6.45, 7) is 5.03. The van der Waals surface area contributed by atoms with Crippen LogP contribution in [-0.4, -0.2) is 17.6 Å². The fourth-order valence-corrected chi connectivity index (χ4v) is 2.00. The van der Waals surface area contributed by atoms with E-state index in [1.807, 2.05) is 56.3 Å². The average Bonchev–Trinajstić information content (AvgIpc) is 2.47. The van der Waals surface area contributed by atoms with Crippen molar-refractivity contribution in [2.24, 2.45) is 0 Å². The molecular weight excluding hydrogens is 250 g/mol. The van der Waals surface area contributed by atoms with Crippen LogP contribution in [0.1, 0.15) is 18.2 Å². The number of nitrogens with one attached hydrogen (secondary N) is 1. The first-order valence-electron chi connectivity index (χ1n) is 6.72. The number of rotatable bonds is 4. The number of aryl methyl sites for hydroxylation is 1. The van der Waals surface area contributed by atoms with Gasteiger partial charge in [-0.25, -0.2) is 4.79 Å². The molecule has 104 valence electrons. The Morgan fingerprint density at radius 3 is 2.75 bits per heavy atom. The third-order valence-electron chi connectivity index (χ3n) is 3.02. The molecule has 0 fully saturated rings. The molecule has 0 saturated carbocycles. The lowest BCUT2D eigenvalue weighted by atomic mass is 10.2. The quantitative estimate of drug-likeness (QED) is 0.926. The standard InChI is InChI=1S/C16H19N3O/c1-3-19(15-9-6-7-13(2)11-15)16(20)18-12-14-8-4-5-10-17-14/h4-11H,3,12H2,1-2H3,(H,18,20). The van der Waals surface area contributed by atoms with Gasteiger partial charge in [0.15, 0.2) is 0 Å². The Labute approximate surface area is 119 Å². The Morgan fingerprint density at radius 2 is 2.10 bits per heavy atom. The molecule has 0 saturated heterocycles. The van der Waals surface area contributed by atoms with E-state index in [9.17, 15) is 4.79 Å². The topological polar surface area (TPSA) is 45.2 Å². The van der Waals surface area contributed by atoms with E-state index >= 15 is 0 Å². The molecule has 0 unspecified atom stereocenters. The molecule has 1 N–H and O–H groups in total. The van der Waals surface area contributed by atoms with Crippen LogP contribution in [0.2, 0.25) is 0 Å². The summed E-state index contributed by atoms with van der Waals surface area (Å²) in [5.74, 6) is 0. The number of nitrogens with zero attached hydrogens (tertiary/aromatic N) is 2. The minimum absolute atomic E-state index is 0.108. The summed E-state index contributed by atoms with van der Waals surface area (Å²) in [4.78, 5) is 18.2. The maximum Gasteiger partial charge on any atom is 0.322 e. The van der Waals surface area contributed by atoms with Gasteiger partial charge in [-0.2, -0.15) is 0 Å². The SMILES string of the molecule is CCN(C(=O)NCc1ccccn1)c1cccc(C)c1. The first-order valence-corrected chi connectivity index (χ1v) is 6.72. The molecule has 0 aliphatic rings. The van der Waals surface area contributed by atoms with E-state index in [-0.39, 0.29) is 6.03 Å². The van der Waals surface area contributed by atoms with E-state index in [4.69, 9.17) is 0 Å². The highest BCUT2D eigenvalue weighted by atomic mass is 16.2. The zero-order chi connectivity index (χ0) is 14.4. The minimum Gasteiger partial charge on any atom is -0.332 e. The Morgan fingerprint density at radius 1 is 1.25 bits per heavy atom. The van der Waals surface area contributed by atoms with E-state index < -0.39 is 0 Å². The summed E-state index contributed by atoms with van der Waals surface area (Å²) < 4.78 is 0. The monoisotopic (exact) mass is 269 g/mol. The summed E-state index contributed by atoms with van der Waals surface area (Å²) >= 11 is 0. The van der Waals surface area contributed by atoms with Gasteiger partial charge >= 0.3 is 6.03 Å². The van der Waals surface area contributed by atoms with Crippen LogP contribution in [0.5, 0.6) is 0 Å². The third kappa shape index (κ3) is 3.57. The van der Waals surface area contributed by atoms with Crippen molar-refractivity contribution in [2.75, 3.05) is 11.4 Å². The third-order valence-corrected chi connectivity index (χ3v) is 3.02. The van der Waals surface area contributed by atoms with Crippen LogP contribution in [0.4, 0.5) is 10.5 Å². The smallest absolute Gasteiger partial charge is 0.322 e. The lowest BCUT2D eigenvalue weighted by molar-refractivity contribution is 0.246. The molecule has 0 aliphatic heterocycles. The van der Waals surface area contributed by atoms with Crippen molar-refractivity contribution in [1.29, 1.82) is 0 Å². The number of hydrogen-bond acceptors (Lipinski definition) is 2. The average molecular weight is 269 g/mol. The number of amides is 2. The van der Waals surface area contributed by atoms with Crippen molar-refractivity contribution in [3.8, 4) is 0 Å². The molecule has 0 bridgehead atoms. The second-order valence-electron chi connectivity index (χ2n) is 4.56. The van der Waals surface area contributed by atoms with Gasteiger partial charge in [-0.1, -0.05) is 18.2 Å². The molecule has 4 nitrogen and oxygen atoms in total. The van der Waals surface area contributed by atoms with Crippen molar-refractivity contribution in [2.45, 2.75) is 20.4 Å². The molecule has 4 heteroatoms. The fourth-order valence-electron chi connectivity index (χ4n) is 2.00. The molecule has 20 heavy (non-hydrogen) atoms. The van der Waals surface area contributed by atoms with E-state index in [0.717, 1.165) is 16.9 Å². The molecule has 2 aromatic rings. The lowest BCUT2D eigenvalue weighted by Gasteiger charge is -2.21. The van der Waals surface area contributed by atoms with Gasteiger partial charge in [-0.3, -0.25) is 9.88 Å². The molecular formula is C16H19N3O. The van der Waals surface area contributed by atoms with Crippen LogP contribution in [0.25, 0.3) is 0 Å². The second kappa shape index (κ2) is 6.70. The maximum atomic E-state index is 12.2. The van der Waals surface area contributed by atoms with Crippen LogP contribution in [-0.2, 0) is 6.54 Å². The highest BCUT2D eigenvalue weighted by molar-refractivity contribution is 5.91. The molecule has 2 rings (SSSR count). The number of benzene rings is 1. The van der Waals surface area contributed by atoms with Gasteiger partial charge in [-0.15, -0.1) is 0 Å². The zero-order valence-electron chi connectivity index (χ0n) is 11.8. The normalized spacial score (nSPS) is 10.1. The van der Waals surface area contributed by atoms with Gasteiger partial charge in [0.05, 0.1) is 12.2 Å². The number of carbonyl (C=O) groups is 1. The molecule has 1 heterocycles. The first kappa shape index (κ1) is 14.1. The molecule has 2 amide bonds. The number of pyridine rings is 1. The van der Waals surface area contributed by atoms with Gasteiger partial charge < -0.3 is 5.32 Å². The van der Waals surface area contributed by atoms with Crippen molar-refractivity contribution in [3.05, 3.63) is 59.9 Å². The summed E-state index contributed by atoms with van der Waals surface area (Å²) in [6, 6.07) is 13.5. The number of carbonyl (C=O) groups excluding carboxylic acids is 1.